The van der Waals surface area contributed by atoms with E-state index < -0.39 is 5.97 Å². The molecule has 1 heterocycles. The first-order chi connectivity index (χ1) is 7.58. The quantitative estimate of drug-likeness (QED) is 0.583. The molecular weight excluding hydrogens is 212 g/mol. The summed E-state index contributed by atoms with van der Waals surface area (Å²) in [7, 11) is 0. The van der Waals surface area contributed by atoms with Crippen molar-refractivity contribution in [2.45, 2.75) is 6.04 Å². The van der Waals surface area contributed by atoms with E-state index in [1.54, 1.807) is 6.07 Å². The molecule has 16 heavy (non-hydrogen) atoms. The molecular formula is C10H10N2O4. The van der Waals surface area contributed by atoms with Crippen molar-refractivity contribution in [2.75, 3.05) is 6.54 Å². The second-order valence-electron chi connectivity index (χ2n) is 3.49. The third-order valence-electron chi connectivity index (χ3n) is 2.43. The van der Waals surface area contributed by atoms with Crippen LogP contribution in [0.5, 0.6) is 5.75 Å². The number of phenols is 1. The van der Waals surface area contributed by atoms with Crippen molar-refractivity contribution in [3.8, 4) is 5.75 Å². The Balaban J connectivity index is 2.32. The second-order valence-corrected chi connectivity index (χ2v) is 3.49. The average molecular weight is 222 g/mol. The third kappa shape index (κ3) is 1.77. The maximum atomic E-state index is 10.9. The van der Waals surface area contributed by atoms with Gasteiger partial charge in [0, 0.05) is 6.54 Å². The lowest BCUT2D eigenvalue weighted by molar-refractivity contribution is 0.0693. The van der Waals surface area contributed by atoms with E-state index in [1.165, 1.54) is 12.1 Å². The summed E-state index contributed by atoms with van der Waals surface area (Å²) < 4.78 is 0. The number of nitrogens with one attached hydrogen (secondary N) is 2. The van der Waals surface area contributed by atoms with Gasteiger partial charge in [0.2, 0.25) is 0 Å². The minimum atomic E-state index is -1.20. The van der Waals surface area contributed by atoms with Crippen LogP contribution < -0.4 is 10.6 Å². The first-order valence-electron chi connectivity index (χ1n) is 4.68. The zero-order valence-electron chi connectivity index (χ0n) is 8.23. The van der Waals surface area contributed by atoms with Crippen molar-refractivity contribution in [1.82, 2.24) is 10.6 Å². The fraction of sp³-hybridized carbons (Fsp3) is 0.200. The Hall–Kier alpha value is -2.24. The van der Waals surface area contributed by atoms with Gasteiger partial charge < -0.3 is 20.8 Å². The summed E-state index contributed by atoms with van der Waals surface area (Å²) in [6.45, 7) is 0.405. The van der Waals surface area contributed by atoms with Crippen LogP contribution in [0, 0.1) is 0 Å². The van der Waals surface area contributed by atoms with Crippen LogP contribution in [0.4, 0.5) is 4.79 Å². The summed E-state index contributed by atoms with van der Waals surface area (Å²) in [6, 6.07) is 3.71. The average Bonchev–Trinajstić information content (AvgIpc) is 2.65. The molecule has 2 rings (SSSR count). The summed E-state index contributed by atoms with van der Waals surface area (Å²) in [5, 5.41) is 23.3. The molecule has 84 valence electrons. The van der Waals surface area contributed by atoms with E-state index in [0.717, 1.165) is 0 Å². The van der Waals surface area contributed by atoms with Gasteiger partial charge in [-0.3, -0.25) is 0 Å². The molecule has 0 radical (unpaired) electrons. The first kappa shape index (κ1) is 10.3. The van der Waals surface area contributed by atoms with Crippen LogP contribution in [0.2, 0.25) is 0 Å². The molecule has 0 bridgehead atoms. The van der Waals surface area contributed by atoms with Crippen LogP contribution in [0.15, 0.2) is 18.2 Å². The molecule has 0 saturated carbocycles. The molecule has 1 aromatic carbocycles. The summed E-state index contributed by atoms with van der Waals surface area (Å²) >= 11 is 0. The number of carbonyl (C=O) groups excluding carboxylic acids is 1. The molecule has 0 aliphatic carbocycles. The van der Waals surface area contributed by atoms with Crippen molar-refractivity contribution >= 4 is 12.0 Å². The highest BCUT2D eigenvalue weighted by molar-refractivity contribution is 5.91. The third-order valence-corrected chi connectivity index (χ3v) is 2.43. The predicted octanol–water partition coefficient (Wildman–Crippen LogP) is 0.444. The molecule has 6 nitrogen and oxygen atoms in total. The molecule has 1 atom stereocenters. The fourth-order valence-corrected chi connectivity index (χ4v) is 1.60. The normalized spacial score (nSPS) is 19.0. The van der Waals surface area contributed by atoms with E-state index in [1.807, 2.05) is 0 Å². The van der Waals surface area contributed by atoms with E-state index in [0.29, 0.717) is 12.1 Å². The number of aromatic hydroxyl groups is 1. The Morgan fingerprint density at radius 1 is 1.44 bits per heavy atom. The number of hydrogen-bond donors (Lipinski definition) is 4. The number of carboxylic acids is 1. The number of amides is 2. The number of benzene rings is 1. The molecule has 0 aromatic heterocycles. The van der Waals surface area contributed by atoms with E-state index in [4.69, 9.17) is 5.11 Å². The van der Waals surface area contributed by atoms with Crippen molar-refractivity contribution in [3.05, 3.63) is 29.3 Å². The SMILES string of the molecule is O=C1NC[C@H](c2ccc(O)c(C(=O)O)c2)N1. The summed E-state index contributed by atoms with van der Waals surface area (Å²) in [6.07, 6.45) is 0. The number of carbonyl (C=O) groups is 2. The Morgan fingerprint density at radius 2 is 2.19 bits per heavy atom. The molecule has 1 aliphatic rings. The molecule has 0 unspecified atom stereocenters. The lowest BCUT2D eigenvalue weighted by Gasteiger charge is -2.10. The Kier molecular flexibility index (Phi) is 2.40. The van der Waals surface area contributed by atoms with Crippen molar-refractivity contribution in [3.63, 3.8) is 0 Å². The number of aromatic carboxylic acids is 1. The van der Waals surface area contributed by atoms with Crippen LogP contribution >= 0.6 is 0 Å². The van der Waals surface area contributed by atoms with E-state index in [2.05, 4.69) is 10.6 Å². The Bertz CT molecular complexity index is 458. The van der Waals surface area contributed by atoms with E-state index >= 15 is 0 Å². The predicted molar refractivity (Wildman–Crippen MR) is 54.3 cm³/mol. The molecule has 0 spiro atoms. The van der Waals surface area contributed by atoms with Crippen LogP contribution in [0.3, 0.4) is 0 Å². The maximum Gasteiger partial charge on any atom is 0.339 e. The second kappa shape index (κ2) is 3.73. The van der Waals surface area contributed by atoms with Gasteiger partial charge in [-0.25, -0.2) is 9.59 Å². The lowest BCUT2D eigenvalue weighted by Crippen LogP contribution is -2.21. The van der Waals surface area contributed by atoms with Gasteiger partial charge in [-0.1, -0.05) is 6.07 Å². The molecule has 1 aliphatic heterocycles. The molecule has 2 amide bonds. The highest BCUT2D eigenvalue weighted by Crippen LogP contribution is 2.23. The lowest BCUT2D eigenvalue weighted by atomic mass is 10.0. The topological polar surface area (TPSA) is 98.7 Å². The molecule has 1 fully saturated rings. The number of hydrogen-bond acceptors (Lipinski definition) is 3. The zero-order valence-corrected chi connectivity index (χ0v) is 8.23. The summed E-state index contributed by atoms with van der Waals surface area (Å²) in [5.41, 5.74) is 0.479. The van der Waals surface area contributed by atoms with Crippen LogP contribution in [0.25, 0.3) is 0 Å². The van der Waals surface area contributed by atoms with Gasteiger partial charge in [-0.05, 0) is 17.7 Å². The van der Waals surface area contributed by atoms with Gasteiger partial charge in [0.25, 0.3) is 0 Å². The Morgan fingerprint density at radius 3 is 2.75 bits per heavy atom. The highest BCUT2D eigenvalue weighted by atomic mass is 16.4. The van der Waals surface area contributed by atoms with Crippen molar-refractivity contribution in [2.24, 2.45) is 0 Å². The fourth-order valence-electron chi connectivity index (χ4n) is 1.60. The zero-order chi connectivity index (χ0) is 11.7. The van der Waals surface area contributed by atoms with Gasteiger partial charge in [0.15, 0.2) is 0 Å². The van der Waals surface area contributed by atoms with Gasteiger partial charge in [0.1, 0.15) is 11.3 Å². The monoisotopic (exact) mass is 222 g/mol. The van der Waals surface area contributed by atoms with Gasteiger partial charge in [-0.15, -0.1) is 0 Å². The Labute approximate surface area is 90.9 Å². The smallest absolute Gasteiger partial charge is 0.339 e. The van der Waals surface area contributed by atoms with Crippen LogP contribution in [-0.2, 0) is 0 Å². The van der Waals surface area contributed by atoms with Crippen LogP contribution in [0.1, 0.15) is 22.0 Å². The highest BCUT2D eigenvalue weighted by Gasteiger charge is 2.23. The maximum absolute atomic E-state index is 10.9. The van der Waals surface area contributed by atoms with E-state index in [9.17, 15) is 14.7 Å². The van der Waals surface area contributed by atoms with Crippen LogP contribution in [-0.4, -0.2) is 28.8 Å². The van der Waals surface area contributed by atoms with Crippen molar-refractivity contribution in [1.29, 1.82) is 0 Å². The molecule has 6 heteroatoms. The molecule has 1 aromatic rings. The largest absolute Gasteiger partial charge is 0.507 e. The first-order valence-corrected chi connectivity index (χ1v) is 4.68. The minimum absolute atomic E-state index is 0.168. The summed E-state index contributed by atoms with van der Waals surface area (Å²) in [5.74, 6) is -1.48. The minimum Gasteiger partial charge on any atom is -0.507 e. The molecule has 4 N–H and O–H groups in total. The summed E-state index contributed by atoms with van der Waals surface area (Å²) in [4.78, 5) is 21.7. The van der Waals surface area contributed by atoms with Gasteiger partial charge >= 0.3 is 12.0 Å². The van der Waals surface area contributed by atoms with Gasteiger partial charge in [0.05, 0.1) is 6.04 Å². The van der Waals surface area contributed by atoms with Crippen molar-refractivity contribution < 1.29 is 19.8 Å². The number of urea groups is 1. The molecule has 1 saturated heterocycles. The standard InChI is InChI=1S/C10H10N2O4/c13-8-2-1-5(3-6(8)9(14)15)7-4-11-10(16)12-7/h1-3,7,13H,4H2,(H,14,15)(H2,11,12,16)/t7-/m1/s1. The van der Waals surface area contributed by atoms with Gasteiger partial charge in [-0.2, -0.15) is 0 Å². The number of rotatable bonds is 2. The number of carboxylic acid groups (broad SMARTS) is 1. The van der Waals surface area contributed by atoms with E-state index in [-0.39, 0.29) is 23.4 Å².